The summed E-state index contributed by atoms with van der Waals surface area (Å²) in [6.45, 7) is 5.78. The fourth-order valence-electron chi connectivity index (χ4n) is 3.95. The number of ketones is 1. The van der Waals surface area contributed by atoms with Gasteiger partial charge in [-0.1, -0.05) is 5.10 Å². The highest BCUT2D eigenvalue weighted by Crippen LogP contribution is 2.32. The van der Waals surface area contributed by atoms with Gasteiger partial charge in [0.25, 0.3) is 11.8 Å². The number of carbonyl (C=O) groups is 2. The van der Waals surface area contributed by atoms with Gasteiger partial charge in [-0.25, -0.2) is 0 Å². The number of piperidine rings is 3. The molecule has 0 radical (unpaired) electrons. The molecule has 0 spiro atoms. The van der Waals surface area contributed by atoms with E-state index in [2.05, 4.69) is 27.3 Å². The average molecular weight is 370 g/mol. The lowest BCUT2D eigenvalue weighted by atomic mass is 9.79. The van der Waals surface area contributed by atoms with Crippen LogP contribution in [0, 0.1) is 5.92 Å². The van der Waals surface area contributed by atoms with Crippen LogP contribution in [0.2, 0.25) is 0 Å². The van der Waals surface area contributed by atoms with E-state index in [-0.39, 0.29) is 29.7 Å². The lowest BCUT2D eigenvalue weighted by Crippen LogP contribution is -2.62. The molecule has 1 N–H and O–H groups in total. The van der Waals surface area contributed by atoms with Crippen LogP contribution in [0.15, 0.2) is 28.7 Å². The fourth-order valence-corrected chi connectivity index (χ4v) is 3.95. The average Bonchev–Trinajstić information content (AvgIpc) is 3.14. The molecule has 5 rings (SSSR count). The lowest BCUT2D eigenvalue weighted by Gasteiger charge is -2.49. The molecule has 142 valence electrons. The van der Waals surface area contributed by atoms with Gasteiger partial charge in [0.2, 0.25) is 5.78 Å². The number of aromatic nitrogens is 2. The van der Waals surface area contributed by atoms with Crippen LogP contribution in [-0.4, -0.2) is 52.0 Å². The summed E-state index contributed by atoms with van der Waals surface area (Å²) in [6.07, 6.45) is 2.18. The van der Waals surface area contributed by atoms with E-state index in [0.29, 0.717) is 23.3 Å². The summed E-state index contributed by atoms with van der Waals surface area (Å²) in [6, 6.07) is 7.27. The number of fused-ring (bicyclic) bond motifs is 3. The molecule has 2 atom stereocenters. The Hall–Kier alpha value is -2.74. The fraction of sp³-hybridized carbons (Fsp3) is 0.474. The molecule has 0 aliphatic carbocycles. The van der Waals surface area contributed by atoms with E-state index in [1.165, 1.54) is 6.92 Å². The van der Waals surface area contributed by atoms with Crippen LogP contribution in [0.1, 0.15) is 47.7 Å². The van der Waals surface area contributed by atoms with Crippen LogP contribution in [-0.2, 0) is 0 Å². The highest BCUT2D eigenvalue weighted by Gasteiger charge is 2.40. The summed E-state index contributed by atoms with van der Waals surface area (Å²) in [4.78, 5) is 26.2. The first-order valence-corrected chi connectivity index (χ1v) is 9.18. The molecule has 3 fully saturated rings. The quantitative estimate of drug-likeness (QED) is 0.806. The number of benzene rings is 1. The van der Waals surface area contributed by atoms with Crippen LogP contribution in [0.25, 0.3) is 0 Å². The molecule has 3 saturated heterocycles. The molecular formula is C19H22N4O4. The second-order valence-corrected chi connectivity index (χ2v) is 7.17. The van der Waals surface area contributed by atoms with Gasteiger partial charge in [-0.3, -0.25) is 14.5 Å². The molecule has 1 aromatic heterocycles. The molecular weight excluding hydrogens is 348 g/mol. The zero-order valence-electron chi connectivity index (χ0n) is 15.3. The minimum absolute atomic E-state index is 0.0798. The molecule has 3 aliphatic heterocycles. The summed E-state index contributed by atoms with van der Waals surface area (Å²) < 4.78 is 10.5. The van der Waals surface area contributed by atoms with Gasteiger partial charge in [-0.15, -0.1) is 5.10 Å². The highest BCUT2D eigenvalue weighted by molar-refractivity contribution is 5.94. The van der Waals surface area contributed by atoms with Crippen molar-refractivity contribution < 1.29 is 18.7 Å². The summed E-state index contributed by atoms with van der Waals surface area (Å²) in [5, 5.41) is 10.4. The van der Waals surface area contributed by atoms with Crippen molar-refractivity contribution in [3.05, 3.63) is 35.7 Å². The van der Waals surface area contributed by atoms with Crippen molar-refractivity contribution in [2.45, 2.75) is 38.8 Å². The topological polar surface area (TPSA) is 97.6 Å². The third kappa shape index (κ3) is 3.57. The van der Waals surface area contributed by atoms with Crippen molar-refractivity contribution in [2.24, 2.45) is 5.92 Å². The van der Waals surface area contributed by atoms with Gasteiger partial charge in [-0.05, 0) is 63.0 Å². The van der Waals surface area contributed by atoms with Gasteiger partial charge in [0.05, 0.1) is 0 Å². The molecule has 0 unspecified atom stereocenters. The molecule has 8 heteroatoms. The van der Waals surface area contributed by atoms with E-state index in [9.17, 15) is 9.59 Å². The second kappa shape index (κ2) is 7.11. The summed E-state index contributed by atoms with van der Waals surface area (Å²) >= 11 is 0. The third-order valence-corrected chi connectivity index (χ3v) is 5.50. The number of nitrogens with one attached hydrogen (secondary N) is 1. The number of hydrogen-bond donors (Lipinski definition) is 1. The smallest absolute Gasteiger partial charge is 0.410 e. The molecule has 2 bridgehead atoms. The predicted octanol–water partition coefficient (Wildman–Crippen LogP) is 2.28. The maximum atomic E-state index is 12.6. The van der Waals surface area contributed by atoms with E-state index in [1.54, 1.807) is 24.3 Å². The number of rotatable bonds is 5. The minimum Gasteiger partial charge on any atom is -0.410 e. The van der Waals surface area contributed by atoms with Crippen LogP contribution in [0.3, 0.4) is 0 Å². The zero-order chi connectivity index (χ0) is 19.0. The monoisotopic (exact) mass is 370 g/mol. The van der Waals surface area contributed by atoms with E-state index < -0.39 is 0 Å². The Morgan fingerprint density at radius 1 is 1.19 bits per heavy atom. The van der Waals surface area contributed by atoms with Crippen LogP contribution < -0.4 is 10.1 Å². The van der Waals surface area contributed by atoms with Gasteiger partial charge < -0.3 is 14.5 Å². The standard InChI is InChI=1S/C19H22N4O4/c1-11-16(13-7-9-23(11)10-8-13)20-17(25)14-3-5-15(6-4-14)26-19-22-21-18(27-19)12(2)24/h3-6,11,13,16H,7-10H2,1-2H3,(H,20,25)/t11-,16-/m0/s1. The van der Waals surface area contributed by atoms with Crippen molar-refractivity contribution >= 4 is 11.7 Å². The van der Waals surface area contributed by atoms with Gasteiger partial charge in [0, 0.05) is 24.6 Å². The molecule has 0 saturated carbocycles. The molecule has 8 nitrogen and oxygen atoms in total. The largest absolute Gasteiger partial charge is 0.420 e. The van der Waals surface area contributed by atoms with E-state index in [1.807, 2.05) is 0 Å². The van der Waals surface area contributed by atoms with Crippen LogP contribution in [0.5, 0.6) is 11.8 Å². The Morgan fingerprint density at radius 3 is 2.48 bits per heavy atom. The molecule has 3 aliphatic rings. The minimum atomic E-state index is -0.327. The first-order chi connectivity index (χ1) is 13.0. The van der Waals surface area contributed by atoms with E-state index in [4.69, 9.17) is 9.15 Å². The Labute approximate surface area is 156 Å². The Morgan fingerprint density at radius 2 is 1.89 bits per heavy atom. The van der Waals surface area contributed by atoms with Crippen molar-refractivity contribution in [1.82, 2.24) is 20.4 Å². The number of carbonyl (C=O) groups excluding carboxylic acids is 2. The molecule has 1 aromatic carbocycles. The number of nitrogens with zero attached hydrogens (tertiary/aromatic N) is 3. The van der Waals surface area contributed by atoms with Crippen molar-refractivity contribution in [3.63, 3.8) is 0 Å². The van der Waals surface area contributed by atoms with Crippen molar-refractivity contribution in [1.29, 1.82) is 0 Å². The van der Waals surface area contributed by atoms with Gasteiger partial charge in [-0.2, -0.15) is 0 Å². The summed E-state index contributed by atoms with van der Waals surface area (Å²) in [7, 11) is 0. The van der Waals surface area contributed by atoms with Gasteiger partial charge in [0.1, 0.15) is 5.75 Å². The van der Waals surface area contributed by atoms with Crippen LogP contribution >= 0.6 is 0 Å². The molecule has 2 aromatic rings. The zero-order valence-corrected chi connectivity index (χ0v) is 15.3. The van der Waals surface area contributed by atoms with Gasteiger partial charge >= 0.3 is 6.08 Å². The second-order valence-electron chi connectivity index (χ2n) is 7.17. The van der Waals surface area contributed by atoms with Crippen molar-refractivity contribution in [3.8, 4) is 11.8 Å². The third-order valence-electron chi connectivity index (χ3n) is 5.50. The highest BCUT2D eigenvalue weighted by atomic mass is 16.6. The summed E-state index contributed by atoms with van der Waals surface area (Å²) in [5.74, 6) is 0.494. The maximum Gasteiger partial charge on any atom is 0.420 e. The number of ether oxygens (including phenoxy) is 1. The summed E-state index contributed by atoms with van der Waals surface area (Å²) in [5.41, 5.74) is 0.570. The Balaban J connectivity index is 1.39. The maximum absolute atomic E-state index is 12.6. The Kier molecular flexibility index (Phi) is 4.65. The van der Waals surface area contributed by atoms with E-state index in [0.717, 1.165) is 25.9 Å². The Bertz CT molecular complexity index is 838. The number of hydrogen-bond acceptors (Lipinski definition) is 7. The molecule has 1 amide bonds. The lowest BCUT2D eigenvalue weighted by molar-refractivity contribution is 0.0217. The van der Waals surface area contributed by atoms with Crippen LogP contribution in [0.4, 0.5) is 0 Å². The first kappa shape index (κ1) is 17.7. The number of amides is 1. The SMILES string of the molecule is CC(=O)c1nnc(Oc2ccc(C(=O)N[C@@H]3C4CCN(CC4)[C@H]3C)cc2)o1. The number of Topliss-reactive ketones (excluding diaryl/α,β-unsaturated/α-hetero) is 1. The first-order valence-electron chi connectivity index (χ1n) is 9.18. The van der Waals surface area contributed by atoms with Crippen molar-refractivity contribution in [2.75, 3.05) is 13.1 Å². The predicted molar refractivity (Wildman–Crippen MR) is 95.8 cm³/mol. The molecule has 4 heterocycles. The van der Waals surface area contributed by atoms with E-state index >= 15 is 0 Å². The van der Waals surface area contributed by atoms with Gasteiger partial charge in [0.15, 0.2) is 0 Å². The normalized spacial score (nSPS) is 26.6. The molecule has 27 heavy (non-hydrogen) atoms.